The van der Waals surface area contributed by atoms with Gasteiger partial charge < -0.3 is 4.74 Å². The largest absolute Gasteiger partial charge is 0.375 e. The van der Waals surface area contributed by atoms with Crippen LogP contribution in [0.5, 0.6) is 0 Å². The summed E-state index contributed by atoms with van der Waals surface area (Å²) in [6, 6.07) is 6.76. The molecule has 0 aromatic heterocycles. The lowest BCUT2D eigenvalue weighted by molar-refractivity contribution is -0.0983. The van der Waals surface area contributed by atoms with Gasteiger partial charge in [-0.3, -0.25) is 11.3 Å². The molecule has 2 atom stereocenters. The lowest BCUT2D eigenvalue weighted by atomic mass is 9.77. The molecule has 1 aromatic rings. The molecule has 21 heavy (non-hydrogen) atoms. The van der Waals surface area contributed by atoms with E-state index in [1.165, 1.54) is 42.4 Å². The second-order valence-electron chi connectivity index (χ2n) is 6.94. The highest BCUT2D eigenvalue weighted by atomic mass is 16.5. The number of benzene rings is 1. The van der Waals surface area contributed by atoms with Gasteiger partial charge >= 0.3 is 0 Å². The Morgan fingerprint density at radius 3 is 2.52 bits per heavy atom. The average Bonchev–Trinajstić information content (AvgIpc) is 2.91. The number of hydrazine groups is 1. The van der Waals surface area contributed by atoms with Crippen molar-refractivity contribution in [2.75, 3.05) is 6.61 Å². The summed E-state index contributed by atoms with van der Waals surface area (Å²) in [7, 11) is 0. The van der Waals surface area contributed by atoms with Crippen molar-refractivity contribution >= 4 is 0 Å². The molecule has 1 heterocycles. The predicted molar refractivity (Wildman–Crippen MR) is 85.9 cm³/mol. The van der Waals surface area contributed by atoms with Gasteiger partial charge in [0.15, 0.2) is 0 Å². The summed E-state index contributed by atoms with van der Waals surface area (Å²) in [4.78, 5) is 0. The van der Waals surface area contributed by atoms with E-state index in [0.717, 1.165) is 19.4 Å². The van der Waals surface area contributed by atoms with Crippen molar-refractivity contribution in [3.63, 3.8) is 0 Å². The summed E-state index contributed by atoms with van der Waals surface area (Å²) in [6.07, 6.45) is 7.34. The maximum atomic E-state index is 6.18. The smallest absolute Gasteiger partial charge is 0.0686 e. The predicted octanol–water partition coefficient (Wildman–Crippen LogP) is 3.55. The highest BCUT2D eigenvalue weighted by Gasteiger charge is 2.42. The van der Waals surface area contributed by atoms with E-state index in [-0.39, 0.29) is 11.6 Å². The van der Waals surface area contributed by atoms with Gasteiger partial charge in [-0.05, 0) is 62.1 Å². The monoisotopic (exact) mass is 288 g/mol. The Labute approximate surface area is 128 Å². The van der Waals surface area contributed by atoms with Crippen LogP contribution < -0.4 is 11.3 Å². The summed E-state index contributed by atoms with van der Waals surface area (Å²) in [5.41, 5.74) is 7.33. The van der Waals surface area contributed by atoms with E-state index < -0.39 is 0 Å². The van der Waals surface area contributed by atoms with Gasteiger partial charge in [0.2, 0.25) is 0 Å². The van der Waals surface area contributed by atoms with Crippen molar-refractivity contribution in [3.05, 3.63) is 34.9 Å². The third kappa shape index (κ3) is 2.87. The van der Waals surface area contributed by atoms with Gasteiger partial charge in [0.1, 0.15) is 0 Å². The molecule has 3 nitrogen and oxygen atoms in total. The minimum Gasteiger partial charge on any atom is -0.375 e. The lowest BCUT2D eigenvalue weighted by Gasteiger charge is -2.42. The van der Waals surface area contributed by atoms with E-state index in [1.807, 2.05) is 0 Å². The van der Waals surface area contributed by atoms with Crippen molar-refractivity contribution in [2.45, 2.75) is 64.0 Å². The lowest BCUT2D eigenvalue weighted by Crippen LogP contribution is -2.44. The summed E-state index contributed by atoms with van der Waals surface area (Å²) in [6.45, 7) is 5.27. The summed E-state index contributed by atoms with van der Waals surface area (Å²) < 4.78 is 6.18. The zero-order chi connectivity index (χ0) is 14.9. The molecule has 116 valence electrons. The van der Waals surface area contributed by atoms with Crippen molar-refractivity contribution in [3.8, 4) is 0 Å². The van der Waals surface area contributed by atoms with Crippen LogP contribution in [0.2, 0.25) is 0 Å². The van der Waals surface area contributed by atoms with Crippen molar-refractivity contribution in [2.24, 2.45) is 11.8 Å². The molecule has 1 aromatic carbocycles. The number of aryl methyl sites for hydroxylation is 2. The second kappa shape index (κ2) is 6.07. The van der Waals surface area contributed by atoms with Gasteiger partial charge in [-0.15, -0.1) is 0 Å². The first-order valence-corrected chi connectivity index (χ1v) is 8.31. The summed E-state index contributed by atoms with van der Waals surface area (Å²) >= 11 is 0. The van der Waals surface area contributed by atoms with Gasteiger partial charge in [-0.1, -0.05) is 31.0 Å². The van der Waals surface area contributed by atoms with Gasteiger partial charge in [0.25, 0.3) is 0 Å². The molecule has 1 aliphatic heterocycles. The fourth-order valence-corrected chi connectivity index (χ4v) is 4.49. The molecular weight excluding hydrogens is 260 g/mol. The van der Waals surface area contributed by atoms with E-state index in [1.54, 1.807) is 0 Å². The van der Waals surface area contributed by atoms with Crippen LogP contribution in [0.15, 0.2) is 18.2 Å². The Morgan fingerprint density at radius 1 is 1.24 bits per heavy atom. The molecule has 3 heteroatoms. The number of hydrogen-bond donors (Lipinski definition) is 2. The molecule has 2 unspecified atom stereocenters. The Balaban J connectivity index is 1.86. The fourth-order valence-electron chi connectivity index (χ4n) is 4.49. The molecular formula is C18H28N2O. The number of hydrogen-bond acceptors (Lipinski definition) is 3. The van der Waals surface area contributed by atoms with E-state index in [9.17, 15) is 0 Å². The van der Waals surface area contributed by atoms with Crippen molar-refractivity contribution < 1.29 is 4.74 Å². The molecule has 0 bridgehead atoms. The fraction of sp³-hybridized carbons (Fsp3) is 0.667. The summed E-state index contributed by atoms with van der Waals surface area (Å²) in [5.74, 6) is 6.54. The van der Waals surface area contributed by atoms with Crippen molar-refractivity contribution in [1.29, 1.82) is 0 Å². The third-order valence-electron chi connectivity index (χ3n) is 5.55. The van der Waals surface area contributed by atoms with E-state index in [4.69, 9.17) is 10.6 Å². The molecule has 2 fully saturated rings. The first-order chi connectivity index (χ1) is 10.2. The van der Waals surface area contributed by atoms with E-state index in [2.05, 4.69) is 37.5 Å². The first kappa shape index (κ1) is 15.0. The van der Waals surface area contributed by atoms with Crippen LogP contribution in [0, 0.1) is 19.8 Å². The average molecular weight is 288 g/mol. The van der Waals surface area contributed by atoms with E-state index in [0.29, 0.717) is 5.92 Å². The second-order valence-corrected chi connectivity index (χ2v) is 6.94. The highest BCUT2D eigenvalue weighted by Crippen LogP contribution is 2.45. The Hall–Kier alpha value is -0.900. The number of nitrogens with one attached hydrogen (secondary N) is 1. The molecule has 2 aliphatic rings. The van der Waals surface area contributed by atoms with Crippen LogP contribution in [0.1, 0.15) is 61.3 Å². The standard InChI is InChI=1S/C18H28N2O/c1-13-6-5-7-14(2)16(13)17(20-19)15-8-11-21-18(12-15)9-3-4-10-18/h5-7,15,17,20H,3-4,8-12,19H2,1-2H3. The number of rotatable bonds is 3. The normalized spacial score (nSPS) is 26.1. The number of nitrogens with two attached hydrogens (primary N) is 1. The molecule has 1 spiro atoms. The third-order valence-corrected chi connectivity index (χ3v) is 5.55. The first-order valence-electron chi connectivity index (χ1n) is 8.31. The minimum absolute atomic E-state index is 0.147. The Bertz CT molecular complexity index is 474. The molecule has 3 N–H and O–H groups in total. The van der Waals surface area contributed by atoms with Crippen LogP contribution >= 0.6 is 0 Å². The van der Waals surface area contributed by atoms with Crippen LogP contribution in [0.4, 0.5) is 0 Å². The Kier molecular flexibility index (Phi) is 4.34. The zero-order valence-corrected chi connectivity index (χ0v) is 13.3. The maximum Gasteiger partial charge on any atom is 0.0686 e. The van der Waals surface area contributed by atoms with Crippen molar-refractivity contribution in [1.82, 2.24) is 5.43 Å². The molecule has 0 amide bonds. The molecule has 1 saturated carbocycles. The van der Waals surface area contributed by atoms with Crippen LogP contribution in [0.3, 0.4) is 0 Å². The molecule has 3 rings (SSSR count). The molecule has 1 saturated heterocycles. The highest BCUT2D eigenvalue weighted by molar-refractivity contribution is 5.36. The molecule has 1 aliphatic carbocycles. The summed E-state index contributed by atoms with van der Waals surface area (Å²) in [5, 5.41) is 0. The SMILES string of the molecule is Cc1cccc(C)c1C(NN)C1CCOC2(CCCC2)C1. The van der Waals surface area contributed by atoms with Gasteiger partial charge in [-0.25, -0.2) is 0 Å². The minimum atomic E-state index is 0.147. The number of ether oxygens (including phenoxy) is 1. The topological polar surface area (TPSA) is 47.3 Å². The van der Waals surface area contributed by atoms with Gasteiger partial charge in [0.05, 0.1) is 5.60 Å². The van der Waals surface area contributed by atoms with Gasteiger partial charge in [0, 0.05) is 12.6 Å². The quantitative estimate of drug-likeness (QED) is 0.660. The van der Waals surface area contributed by atoms with Crippen LogP contribution in [0.25, 0.3) is 0 Å². The Morgan fingerprint density at radius 2 is 1.90 bits per heavy atom. The zero-order valence-electron chi connectivity index (χ0n) is 13.3. The van der Waals surface area contributed by atoms with Crippen LogP contribution in [-0.2, 0) is 4.74 Å². The van der Waals surface area contributed by atoms with E-state index >= 15 is 0 Å². The van der Waals surface area contributed by atoms with Gasteiger partial charge in [-0.2, -0.15) is 0 Å². The van der Waals surface area contributed by atoms with Crippen LogP contribution in [-0.4, -0.2) is 12.2 Å². The maximum absolute atomic E-state index is 6.18. The molecule has 0 radical (unpaired) electrons.